The van der Waals surface area contributed by atoms with Crippen molar-refractivity contribution in [2.75, 3.05) is 11.6 Å². The molecule has 0 aliphatic heterocycles. The Balaban J connectivity index is 2.86. The molecular formula is C13H22ClN3S. The number of halogens is 1. The molecule has 0 atom stereocenters. The smallest absolute Gasteiger partial charge is 0.190 e. The molecule has 5 heteroatoms. The third-order valence-corrected chi connectivity index (χ3v) is 3.04. The van der Waals surface area contributed by atoms with Crippen molar-refractivity contribution in [3.8, 4) is 0 Å². The maximum atomic E-state index is 5.99. The van der Waals surface area contributed by atoms with E-state index < -0.39 is 0 Å². The number of rotatable bonds is 4. The van der Waals surface area contributed by atoms with Crippen molar-refractivity contribution in [1.82, 2.24) is 9.97 Å². The lowest BCUT2D eigenvalue weighted by molar-refractivity contribution is 0.302. The highest BCUT2D eigenvalue weighted by molar-refractivity contribution is 7.98. The van der Waals surface area contributed by atoms with Gasteiger partial charge in [0.1, 0.15) is 11.0 Å². The van der Waals surface area contributed by atoms with Crippen LogP contribution in [-0.4, -0.2) is 21.8 Å². The van der Waals surface area contributed by atoms with Crippen LogP contribution >= 0.6 is 23.4 Å². The second-order valence-electron chi connectivity index (χ2n) is 6.31. The number of nitrogens with zero attached hydrogens (tertiary/aromatic N) is 2. The lowest BCUT2D eigenvalue weighted by atomic mass is 9.82. The van der Waals surface area contributed by atoms with Crippen LogP contribution in [0.5, 0.6) is 0 Å². The van der Waals surface area contributed by atoms with Crippen LogP contribution in [0.3, 0.4) is 0 Å². The van der Waals surface area contributed by atoms with Gasteiger partial charge in [-0.25, -0.2) is 9.97 Å². The van der Waals surface area contributed by atoms with Crippen molar-refractivity contribution in [1.29, 1.82) is 0 Å². The number of hydrogen-bond acceptors (Lipinski definition) is 4. The average Bonchev–Trinajstić information content (AvgIpc) is 2.11. The predicted molar refractivity (Wildman–Crippen MR) is 80.6 cm³/mol. The zero-order chi connectivity index (χ0) is 14.0. The molecule has 0 saturated carbocycles. The summed E-state index contributed by atoms with van der Waals surface area (Å²) in [6.45, 7) is 11.0. The monoisotopic (exact) mass is 287 g/mol. The molecule has 1 aromatic rings. The second kappa shape index (κ2) is 5.66. The molecule has 0 bridgehead atoms. The van der Waals surface area contributed by atoms with Crippen molar-refractivity contribution in [2.24, 2.45) is 5.41 Å². The zero-order valence-corrected chi connectivity index (χ0v) is 13.5. The Kier molecular flexibility index (Phi) is 4.90. The van der Waals surface area contributed by atoms with E-state index in [4.69, 9.17) is 11.6 Å². The molecule has 0 spiro atoms. The molecule has 0 amide bonds. The Morgan fingerprint density at radius 3 is 2.33 bits per heavy atom. The summed E-state index contributed by atoms with van der Waals surface area (Å²) >= 11 is 7.48. The topological polar surface area (TPSA) is 37.8 Å². The first-order chi connectivity index (χ1) is 8.11. The molecule has 0 unspecified atom stereocenters. The van der Waals surface area contributed by atoms with E-state index in [2.05, 4.69) is 49.9 Å². The SMILES string of the molecule is CSc1nc(Cl)cc(NC(C)(C)CC(C)(C)C)n1. The van der Waals surface area contributed by atoms with Crippen LogP contribution in [0.2, 0.25) is 5.15 Å². The molecule has 0 aliphatic rings. The lowest BCUT2D eigenvalue weighted by Crippen LogP contribution is -2.35. The van der Waals surface area contributed by atoms with E-state index >= 15 is 0 Å². The fourth-order valence-electron chi connectivity index (χ4n) is 2.27. The van der Waals surface area contributed by atoms with Crippen LogP contribution < -0.4 is 5.32 Å². The first-order valence-corrected chi connectivity index (χ1v) is 7.58. The van der Waals surface area contributed by atoms with E-state index in [1.165, 1.54) is 11.8 Å². The molecule has 1 aromatic heterocycles. The van der Waals surface area contributed by atoms with Gasteiger partial charge in [-0.15, -0.1) is 0 Å². The Labute approximate surface area is 119 Å². The van der Waals surface area contributed by atoms with Crippen LogP contribution in [0.25, 0.3) is 0 Å². The summed E-state index contributed by atoms with van der Waals surface area (Å²) in [6, 6.07) is 1.77. The minimum atomic E-state index is -0.0361. The Morgan fingerprint density at radius 1 is 1.22 bits per heavy atom. The normalized spacial score (nSPS) is 12.6. The Morgan fingerprint density at radius 2 is 1.83 bits per heavy atom. The van der Waals surface area contributed by atoms with Crippen molar-refractivity contribution < 1.29 is 0 Å². The minimum absolute atomic E-state index is 0.0361. The van der Waals surface area contributed by atoms with Gasteiger partial charge in [0.25, 0.3) is 0 Å². The summed E-state index contributed by atoms with van der Waals surface area (Å²) in [7, 11) is 0. The average molecular weight is 288 g/mol. The van der Waals surface area contributed by atoms with Crippen LogP contribution in [0.1, 0.15) is 41.0 Å². The molecule has 1 rings (SSSR count). The molecule has 3 nitrogen and oxygen atoms in total. The predicted octanol–water partition coefficient (Wildman–Crippen LogP) is 4.48. The van der Waals surface area contributed by atoms with Gasteiger partial charge >= 0.3 is 0 Å². The van der Waals surface area contributed by atoms with E-state index in [9.17, 15) is 0 Å². The van der Waals surface area contributed by atoms with E-state index in [-0.39, 0.29) is 11.0 Å². The van der Waals surface area contributed by atoms with Crippen LogP contribution in [-0.2, 0) is 0 Å². The largest absolute Gasteiger partial charge is 0.365 e. The fourth-order valence-corrected chi connectivity index (χ4v) is 2.88. The molecule has 18 heavy (non-hydrogen) atoms. The number of nitrogens with one attached hydrogen (secondary N) is 1. The van der Waals surface area contributed by atoms with Crippen molar-refractivity contribution in [3.63, 3.8) is 0 Å². The highest BCUT2D eigenvalue weighted by atomic mass is 35.5. The first-order valence-electron chi connectivity index (χ1n) is 5.98. The standard InChI is InChI=1S/C13H22ClN3S/c1-12(2,3)8-13(4,5)17-10-7-9(14)15-11(16-10)18-6/h7H,8H2,1-6H3,(H,15,16,17). The van der Waals surface area contributed by atoms with Gasteiger partial charge < -0.3 is 5.32 Å². The van der Waals surface area contributed by atoms with Gasteiger partial charge in [0.15, 0.2) is 5.16 Å². The van der Waals surface area contributed by atoms with Gasteiger partial charge in [-0.2, -0.15) is 0 Å². The summed E-state index contributed by atoms with van der Waals surface area (Å²) in [4.78, 5) is 8.56. The van der Waals surface area contributed by atoms with Crippen LogP contribution in [0, 0.1) is 5.41 Å². The summed E-state index contributed by atoms with van der Waals surface area (Å²) in [5.74, 6) is 0.786. The fraction of sp³-hybridized carbons (Fsp3) is 0.692. The Bertz CT molecular complexity index is 413. The highest BCUT2D eigenvalue weighted by Crippen LogP contribution is 2.30. The quantitative estimate of drug-likeness (QED) is 0.503. The van der Waals surface area contributed by atoms with Gasteiger partial charge in [-0.1, -0.05) is 44.1 Å². The lowest BCUT2D eigenvalue weighted by Gasteiger charge is -2.33. The number of hydrogen-bond donors (Lipinski definition) is 1. The van der Waals surface area contributed by atoms with Gasteiger partial charge in [-0.05, 0) is 31.9 Å². The molecular weight excluding hydrogens is 266 g/mol. The van der Waals surface area contributed by atoms with E-state index in [1.54, 1.807) is 6.07 Å². The summed E-state index contributed by atoms with van der Waals surface area (Å²) in [5, 5.41) is 4.61. The molecule has 0 radical (unpaired) electrons. The first kappa shape index (κ1) is 15.6. The summed E-state index contributed by atoms with van der Waals surface area (Å²) in [6.07, 6.45) is 2.98. The van der Waals surface area contributed by atoms with Gasteiger partial charge in [0, 0.05) is 11.6 Å². The number of aromatic nitrogens is 2. The van der Waals surface area contributed by atoms with Crippen molar-refractivity contribution >= 4 is 29.2 Å². The summed E-state index contributed by atoms with van der Waals surface area (Å²) < 4.78 is 0. The van der Waals surface area contributed by atoms with Gasteiger partial charge in [-0.3, -0.25) is 0 Å². The minimum Gasteiger partial charge on any atom is -0.365 e. The number of anilines is 1. The van der Waals surface area contributed by atoms with E-state index in [1.807, 2.05) is 6.26 Å². The van der Waals surface area contributed by atoms with Gasteiger partial charge in [0.05, 0.1) is 0 Å². The molecule has 0 saturated heterocycles. The second-order valence-corrected chi connectivity index (χ2v) is 7.47. The van der Waals surface area contributed by atoms with Crippen molar-refractivity contribution in [2.45, 2.75) is 51.7 Å². The Hall–Kier alpha value is -0.480. The maximum Gasteiger partial charge on any atom is 0.190 e. The zero-order valence-electron chi connectivity index (χ0n) is 12.0. The third kappa shape index (κ3) is 5.44. The van der Waals surface area contributed by atoms with Crippen LogP contribution in [0.15, 0.2) is 11.2 Å². The summed E-state index contributed by atoms with van der Waals surface area (Å²) in [5.41, 5.74) is 0.223. The molecule has 102 valence electrons. The molecule has 0 aromatic carbocycles. The molecule has 0 aliphatic carbocycles. The third-order valence-electron chi connectivity index (χ3n) is 2.30. The van der Waals surface area contributed by atoms with Crippen molar-refractivity contribution in [3.05, 3.63) is 11.2 Å². The number of thioether (sulfide) groups is 1. The highest BCUT2D eigenvalue weighted by Gasteiger charge is 2.25. The maximum absolute atomic E-state index is 5.99. The molecule has 1 heterocycles. The van der Waals surface area contributed by atoms with E-state index in [0.29, 0.717) is 10.3 Å². The van der Waals surface area contributed by atoms with Gasteiger partial charge in [0.2, 0.25) is 0 Å². The molecule has 0 fully saturated rings. The molecule has 1 N–H and O–H groups in total. The van der Waals surface area contributed by atoms with E-state index in [0.717, 1.165) is 12.2 Å². The van der Waals surface area contributed by atoms with Crippen LogP contribution in [0.4, 0.5) is 5.82 Å².